The molecule has 0 atom stereocenters. The fourth-order valence-corrected chi connectivity index (χ4v) is 0.482. The second kappa shape index (κ2) is 4.54. The van der Waals surface area contributed by atoms with E-state index in [0.29, 0.717) is 11.8 Å². The summed E-state index contributed by atoms with van der Waals surface area (Å²) in [5.41, 5.74) is 0. The standard InChI is InChI=1S/C8H17N/c1-7(2)5-9-6-8(3)4/h5,7-8H,6H2,1-4H3. The Morgan fingerprint density at radius 1 is 1.22 bits per heavy atom. The fourth-order valence-electron chi connectivity index (χ4n) is 0.482. The predicted octanol–water partition coefficient (Wildman–Crippen LogP) is 2.37. The first-order valence-corrected chi connectivity index (χ1v) is 3.63. The summed E-state index contributed by atoms with van der Waals surface area (Å²) < 4.78 is 0. The summed E-state index contributed by atoms with van der Waals surface area (Å²) in [6.45, 7) is 9.61. The zero-order chi connectivity index (χ0) is 7.28. The van der Waals surface area contributed by atoms with Gasteiger partial charge in [0.15, 0.2) is 0 Å². The summed E-state index contributed by atoms with van der Waals surface area (Å²) in [7, 11) is 0. The predicted molar refractivity (Wildman–Crippen MR) is 43.0 cm³/mol. The van der Waals surface area contributed by atoms with Crippen molar-refractivity contribution >= 4 is 6.21 Å². The van der Waals surface area contributed by atoms with Crippen molar-refractivity contribution in [1.29, 1.82) is 0 Å². The van der Waals surface area contributed by atoms with Crippen LogP contribution in [0.2, 0.25) is 0 Å². The Hall–Kier alpha value is -0.330. The van der Waals surface area contributed by atoms with Gasteiger partial charge in [-0.2, -0.15) is 0 Å². The normalized spacial score (nSPS) is 12.2. The molecule has 0 aliphatic rings. The fraction of sp³-hybridized carbons (Fsp3) is 0.875. The molecule has 0 amide bonds. The van der Waals surface area contributed by atoms with Crippen molar-refractivity contribution in [3.8, 4) is 0 Å². The Kier molecular flexibility index (Phi) is 4.37. The van der Waals surface area contributed by atoms with Crippen LogP contribution in [-0.2, 0) is 0 Å². The lowest BCUT2D eigenvalue weighted by molar-refractivity contribution is 0.663. The van der Waals surface area contributed by atoms with Gasteiger partial charge >= 0.3 is 0 Å². The van der Waals surface area contributed by atoms with Gasteiger partial charge < -0.3 is 0 Å². The molecule has 0 fully saturated rings. The van der Waals surface area contributed by atoms with Gasteiger partial charge in [-0.1, -0.05) is 27.7 Å². The first-order chi connectivity index (χ1) is 4.13. The monoisotopic (exact) mass is 127 g/mol. The Morgan fingerprint density at radius 3 is 2.11 bits per heavy atom. The minimum atomic E-state index is 0.601. The second-order valence-corrected chi connectivity index (χ2v) is 3.15. The zero-order valence-electron chi connectivity index (χ0n) is 6.89. The van der Waals surface area contributed by atoms with E-state index in [1.54, 1.807) is 0 Å². The van der Waals surface area contributed by atoms with Gasteiger partial charge in [0.1, 0.15) is 0 Å². The number of rotatable bonds is 3. The van der Waals surface area contributed by atoms with Crippen molar-refractivity contribution in [3.05, 3.63) is 0 Å². The molecule has 9 heavy (non-hydrogen) atoms. The number of hydrogen-bond acceptors (Lipinski definition) is 1. The molecule has 0 bridgehead atoms. The third-order valence-electron chi connectivity index (χ3n) is 0.874. The Bertz CT molecular complexity index is 82.6. The summed E-state index contributed by atoms with van der Waals surface area (Å²) in [4.78, 5) is 4.25. The molecule has 1 nitrogen and oxygen atoms in total. The van der Waals surface area contributed by atoms with E-state index in [1.165, 1.54) is 0 Å². The minimum absolute atomic E-state index is 0.601. The smallest absolute Gasteiger partial charge is 0.0408 e. The van der Waals surface area contributed by atoms with Crippen LogP contribution >= 0.6 is 0 Å². The van der Waals surface area contributed by atoms with Gasteiger partial charge in [-0.25, -0.2) is 0 Å². The van der Waals surface area contributed by atoms with E-state index in [-0.39, 0.29) is 0 Å². The van der Waals surface area contributed by atoms with Gasteiger partial charge in [-0.3, -0.25) is 4.99 Å². The molecule has 0 aromatic carbocycles. The van der Waals surface area contributed by atoms with E-state index >= 15 is 0 Å². The van der Waals surface area contributed by atoms with E-state index < -0.39 is 0 Å². The molecular weight excluding hydrogens is 110 g/mol. The molecule has 0 saturated carbocycles. The van der Waals surface area contributed by atoms with Crippen molar-refractivity contribution in [2.75, 3.05) is 6.54 Å². The van der Waals surface area contributed by atoms with Crippen LogP contribution in [0.25, 0.3) is 0 Å². The highest BCUT2D eigenvalue weighted by Gasteiger charge is 1.88. The Labute approximate surface area is 58.2 Å². The highest BCUT2D eigenvalue weighted by atomic mass is 14.7. The molecule has 0 radical (unpaired) electrons. The lowest BCUT2D eigenvalue weighted by Gasteiger charge is -1.97. The van der Waals surface area contributed by atoms with Crippen molar-refractivity contribution < 1.29 is 0 Å². The van der Waals surface area contributed by atoms with Gasteiger partial charge in [-0.15, -0.1) is 0 Å². The van der Waals surface area contributed by atoms with Crippen molar-refractivity contribution in [2.24, 2.45) is 16.8 Å². The van der Waals surface area contributed by atoms with Gasteiger partial charge in [0.2, 0.25) is 0 Å². The molecule has 54 valence electrons. The van der Waals surface area contributed by atoms with Crippen molar-refractivity contribution in [3.63, 3.8) is 0 Å². The first kappa shape index (κ1) is 8.67. The molecule has 0 rings (SSSR count). The van der Waals surface area contributed by atoms with Gasteiger partial charge in [0.25, 0.3) is 0 Å². The summed E-state index contributed by atoms with van der Waals surface area (Å²) >= 11 is 0. The molecule has 0 aromatic rings. The Morgan fingerprint density at radius 2 is 1.78 bits per heavy atom. The molecular formula is C8H17N. The van der Waals surface area contributed by atoms with Gasteiger partial charge in [0.05, 0.1) is 0 Å². The summed E-state index contributed by atoms with van der Waals surface area (Å²) in [6.07, 6.45) is 2.01. The SMILES string of the molecule is CC(C)C=NCC(C)C. The number of nitrogens with zero attached hydrogens (tertiary/aromatic N) is 1. The van der Waals surface area contributed by atoms with Crippen LogP contribution in [0.3, 0.4) is 0 Å². The van der Waals surface area contributed by atoms with E-state index in [2.05, 4.69) is 32.7 Å². The minimum Gasteiger partial charge on any atom is -0.297 e. The number of aliphatic imine (C=N–C) groups is 1. The maximum atomic E-state index is 4.25. The zero-order valence-corrected chi connectivity index (χ0v) is 6.89. The molecule has 0 saturated heterocycles. The molecule has 0 aliphatic heterocycles. The third-order valence-corrected chi connectivity index (χ3v) is 0.874. The van der Waals surface area contributed by atoms with Crippen LogP contribution in [0.4, 0.5) is 0 Å². The average molecular weight is 127 g/mol. The molecule has 0 spiro atoms. The second-order valence-electron chi connectivity index (χ2n) is 3.15. The topological polar surface area (TPSA) is 12.4 Å². The molecule has 0 aliphatic carbocycles. The van der Waals surface area contributed by atoms with Crippen LogP contribution < -0.4 is 0 Å². The van der Waals surface area contributed by atoms with E-state index in [0.717, 1.165) is 6.54 Å². The van der Waals surface area contributed by atoms with Crippen LogP contribution in [0.1, 0.15) is 27.7 Å². The first-order valence-electron chi connectivity index (χ1n) is 3.63. The quantitative estimate of drug-likeness (QED) is 0.516. The highest BCUT2D eigenvalue weighted by molar-refractivity contribution is 5.59. The molecule has 0 aromatic heterocycles. The third kappa shape index (κ3) is 7.67. The molecule has 0 unspecified atom stereocenters. The Balaban J connectivity index is 3.25. The largest absolute Gasteiger partial charge is 0.297 e. The number of hydrogen-bond donors (Lipinski definition) is 0. The summed E-state index contributed by atoms with van der Waals surface area (Å²) in [5.74, 6) is 1.30. The average Bonchev–Trinajstić information content (AvgIpc) is 1.63. The van der Waals surface area contributed by atoms with Crippen LogP contribution in [-0.4, -0.2) is 12.8 Å². The maximum absolute atomic E-state index is 4.25. The van der Waals surface area contributed by atoms with Crippen molar-refractivity contribution in [2.45, 2.75) is 27.7 Å². The molecule has 1 heteroatoms. The van der Waals surface area contributed by atoms with E-state index in [1.807, 2.05) is 6.21 Å². The van der Waals surface area contributed by atoms with E-state index in [4.69, 9.17) is 0 Å². The molecule has 0 heterocycles. The van der Waals surface area contributed by atoms with Gasteiger partial charge in [0, 0.05) is 12.8 Å². The molecule has 0 N–H and O–H groups in total. The van der Waals surface area contributed by atoms with Crippen LogP contribution in [0, 0.1) is 11.8 Å². The maximum Gasteiger partial charge on any atom is 0.0408 e. The van der Waals surface area contributed by atoms with Crippen LogP contribution in [0.15, 0.2) is 4.99 Å². The lowest BCUT2D eigenvalue weighted by Crippen LogP contribution is -1.94. The van der Waals surface area contributed by atoms with Gasteiger partial charge in [-0.05, 0) is 11.8 Å². The van der Waals surface area contributed by atoms with Crippen molar-refractivity contribution in [1.82, 2.24) is 0 Å². The van der Waals surface area contributed by atoms with Crippen LogP contribution in [0.5, 0.6) is 0 Å². The summed E-state index contributed by atoms with van der Waals surface area (Å²) in [6, 6.07) is 0. The highest BCUT2D eigenvalue weighted by Crippen LogP contribution is 1.92. The lowest BCUT2D eigenvalue weighted by atomic mass is 10.2. The summed E-state index contributed by atoms with van der Waals surface area (Å²) in [5, 5.41) is 0. The van der Waals surface area contributed by atoms with E-state index in [9.17, 15) is 0 Å².